The molecule has 1 aromatic rings. The third-order valence-electron chi connectivity index (χ3n) is 2.40. The van der Waals surface area contributed by atoms with Crippen molar-refractivity contribution in [3.05, 3.63) is 23.8 Å². The Morgan fingerprint density at radius 3 is 2.38 bits per heavy atom. The molecule has 0 amide bonds. The molecule has 0 aromatic heterocycles. The Morgan fingerprint density at radius 2 is 2.00 bits per heavy atom. The number of carbonyl (C=O) groups excluding carboxylic acids is 1. The summed E-state index contributed by atoms with van der Waals surface area (Å²) in [4.78, 5) is 13.7. The van der Waals surface area contributed by atoms with Gasteiger partial charge in [-0.25, -0.2) is 0 Å². The summed E-state index contributed by atoms with van der Waals surface area (Å²) >= 11 is 0. The summed E-state index contributed by atoms with van der Waals surface area (Å²) in [7, 11) is 3.30. The number of hydrogen-bond acceptors (Lipinski definition) is 6. The lowest BCUT2D eigenvalue weighted by Crippen LogP contribution is -2.12. The fraction of sp³-hybridized carbons (Fsp3) is 0.467. The van der Waals surface area contributed by atoms with Crippen LogP contribution in [0.1, 0.15) is 19.4 Å². The zero-order chi connectivity index (χ0) is 16.3. The van der Waals surface area contributed by atoms with E-state index in [0.717, 1.165) is 22.8 Å². The van der Waals surface area contributed by atoms with Crippen molar-refractivity contribution in [2.24, 2.45) is 4.99 Å². The average molecular weight is 297 g/mol. The second kappa shape index (κ2) is 10.8. The fourth-order valence-electron chi connectivity index (χ4n) is 1.27. The normalized spacial score (nSPS) is 10.8. The van der Waals surface area contributed by atoms with Crippen molar-refractivity contribution in [1.29, 1.82) is 0 Å². The van der Waals surface area contributed by atoms with E-state index in [1.54, 1.807) is 14.2 Å². The van der Waals surface area contributed by atoms with Gasteiger partial charge in [0.15, 0.2) is 6.29 Å². The Morgan fingerprint density at radius 1 is 1.33 bits per heavy atom. The first-order valence-electron chi connectivity index (χ1n) is 6.41. The monoisotopic (exact) mass is 297 g/mol. The number of nitrogens with zero attached hydrogens (tertiary/aromatic N) is 1. The lowest BCUT2D eigenvalue weighted by Gasteiger charge is -2.08. The number of rotatable bonds is 6. The molecule has 21 heavy (non-hydrogen) atoms. The molecule has 0 unspecified atom stereocenters. The van der Waals surface area contributed by atoms with E-state index in [9.17, 15) is 4.79 Å². The smallest absolute Gasteiger partial charge is 0.150 e. The van der Waals surface area contributed by atoms with Crippen molar-refractivity contribution in [3.63, 3.8) is 0 Å². The minimum Gasteiger partial charge on any atom is -0.497 e. The number of aliphatic hydroxyl groups excluding tert-OH is 2. The van der Waals surface area contributed by atoms with Crippen LogP contribution in [0.15, 0.2) is 23.2 Å². The molecule has 6 heteroatoms. The molecule has 0 radical (unpaired) electrons. The van der Waals surface area contributed by atoms with Crippen LogP contribution in [0.5, 0.6) is 11.5 Å². The summed E-state index contributed by atoms with van der Waals surface area (Å²) in [6.45, 7) is 4.13. The number of ether oxygens (including phenoxy) is 2. The van der Waals surface area contributed by atoms with Crippen LogP contribution in [-0.2, 0) is 11.3 Å². The van der Waals surface area contributed by atoms with Gasteiger partial charge >= 0.3 is 0 Å². The van der Waals surface area contributed by atoms with E-state index in [0.29, 0.717) is 6.54 Å². The van der Waals surface area contributed by atoms with E-state index in [4.69, 9.17) is 19.7 Å². The van der Waals surface area contributed by atoms with Gasteiger partial charge in [-0.3, -0.25) is 4.99 Å². The number of hydrogen-bond donors (Lipinski definition) is 2. The number of aliphatic imine (C=N–C) groups is 1. The molecule has 118 valence electrons. The van der Waals surface area contributed by atoms with Gasteiger partial charge in [0.25, 0.3) is 0 Å². The highest BCUT2D eigenvalue weighted by Crippen LogP contribution is 2.25. The summed E-state index contributed by atoms with van der Waals surface area (Å²) in [6, 6.07) is 5.76. The van der Waals surface area contributed by atoms with Gasteiger partial charge in [0.05, 0.1) is 27.4 Å². The van der Waals surface area contributed by atoms with E-state index in [-0.39, 0.29) is 6.29 Å². The van der Waals surface area contributed by atoms with Crippen LogP contribution in [0.3, 0.4) is 0 Å². The zero-order valence-corrected chi connectivity index (χ0v) is 12.9. The highest BCUT2D eigenvalue weighted by Gasteiger charge is 2.03. The van der Waals surface area contributed by atoms with E-state index >= 15 is 0 Å². The molecule has 0 aliphatic heterocycles. The third-order valence-corrected chi connectivity index (χ3v) is 2.40. The van der Waals surface area contributed by atoms with E-state index in [1.807, 2.05) is 32.0 Å². The molecule has 0 spiro atoms. The maximum absolute atomic E-state index is 9.33. The first-order chi connectivity index (χ1) is 9.98. The van der Waals surface area contributed by atoms with Gasteiger partial charge in [-0.1, -0.05) is 0 Å². The number of methoxy groups -OCH3 is 2. The highest BCUT2D eigenvalue weighted by atomic mass is 16.5. The molecule has 1 aromatic carbocycles. The molecule has 1 atom stereocenters. The predicted molar refractivity (Wildman–Crippen MR) is 81.2 cm³/mol. The zero-order valence-electron chi connectivity index (χ0n) is 12.9. The number of benzene rings is 1. The van der Waals surface area contributed by atoms with E-state index in [2.05, 4.69) is 4.99 Å². The van der Waals surface area contributed by atoms with Crippen LogP contribution in [0, 0.1) is 0 Å². The van der Waals surface area contributed by atoms with Crippen molar-refractivity contribution < 1.29 is 24.5 Å². The Bertz CT molecular complexity index is 455. The first-order valence-corrected chi connectivity index (χ1v) is 6.41. The Kier molecular flexibility index (Phi) is 9.83. The van der Waals surface area contributed by atoms with E-state index < -0.39 is 12.7 Å². The van der Waals surface area contributed by atoms with Gasteiger partial charge in [0.1, 0.15) is 17.6 Å². The molecule has 0 aliphatic rings. The number of carbonyl (C=O) groups is 1. The quantitative estimate of drug-likeness (QED) is 0.609. The van der Waals surface area contributed by atoms with Crippen molar-refractivity contribution in [1.82, 2.24) is 0 Å². The molecule has 0 fully saturated rings. The lowest BCUT2D eigenvalue weighted by molar-refractivity contribution is -0.116. The SMILES string of the molecule is COc1ccc(CN=C(C)C)c(OC)c1.O=C[C@@H](O)CO. The summed E-state index contributed by atoms with van der Waals surface area (Å²) in [5.41, 5.74) is 2.13. The van der Waals surface area contributed by atoms with Gasteiger partial charge < -0.3 is 24.5 Å². The molecule has 0 bridgehead atoms. The average Bonchev–Trinajstić information content (AvgIpc) is 2.52. The van der Waals surface area contributed by atoms with Gasteiger partial charge in [-0.15, -0.1) is 0 Å². The molecule has 2 N–H and O–H groups in total. The van der Waals surface area contributed by atoms with Crippen molar-refractivity contribution in [2.75, 3.05) is 20.8 Å². The van der Waals surface area contributed by atoms with Crippen LogP contribution < -0.4 is 9.47 Å². The van der Waals surface area contributed by atoms with Crippen LogP contribution in [0.25, 0.3) is 0 Å². The standard InChI is InChI=1S/C12H17NO2.C3H6O3/c1-9(2)13-8-10-5-6-11(14-3)7-12(10)15-4;4-1-3(6)2-5/h5-7H,8H2,1-4H3;1,3,5-6H,2H2/t;3-/m.1/s1. The van der Waals surface area contributed by atoms with E-state index in [1.165, 1.54) is 0 Å². The number of aldehydes is 1. The molecule has 6 nitrogen and oxygen atoms in total. The Labute approximate surface area is 125 Å². The van der Waals surface area contributed by atoms with Crippen molar-refractivity contribution >= 4 is 12.0 Å². The molecule has 0 aliphatic carbocycles. The number of aliphatic hydroxyl groups is 2. The maximum Gasteiger partial charge on any atom is 0.150 e. The lowest BCUT2D eigenvalue weighted by atomic mass is 10.2. The summed E-state index contributed by atoms with van der Waals surface area (Å²) in [6.07, 6.45) is -0.912. The molecule has 0 saturated carbocycles. The topological polar surface area (TPSA) is 88.4 Å². The third kappa shape index (κ3) is 8.06. The van der Waals surface area contributed by atoms with Crippen molar-refractivity contribution in [2.45, 2.75) is 26.5 Å². The van der Waals surface area contributed by atoms with Gasteiger partial charge in [0, 0.05) is 17.3 Å². The van der Waals surface area contributed by atoms with Crippen LogP contribution in [-0.4, -0.2) is 49.1 Å². The van der Waals surface area contributed by atoms with Crippen molar-refractivity contribution in [3.8, 4) is 11.5 Å². The van der Waals surface area contributed by atoms with Gasteiger partial charge in [0.2, 0.25) is 0 Å². The minimum absolute atomic E-state index is 0.278. The first kappa shape index (κ1) is 19.1. The molecular formula is C15H23NO5. The van der Waals surface area contributed by atoms with Gasteiger partial charge in [-0.05, 0) is 26.0 Å². The second-order valence-electron chi connectivity index (χ2n) is 4.33. The largest absolute Gasteiger partial charge is 0.497 e. The predicted octanol–water partition coefficient (Wildman–Crippen LogP) is 1.22. The molecule has 0 saturated heterocycles. The molecular weight excluding hydrogens is 274 g/mol. The van der Waals surface area contributed by atoms with Crippen LogP contribution in [0.4, 0.5) is 0 Å². The maximum atomic E-state index is 9.33. The highest BCUT2D eigenvalue weighted by molar-refractivity contribution is 5.79. The molecule has 0 heterocycles. The summed E-state index contributed by atoms with van der Waals surface area (Å²) in [5.74, 6) is 1.62. The van der Waals surface area contributed by atoms with Crippen LogP contribution >= 0.6 is 0 Å². The summed E-state index contributed by atoms with van der Waals surface area (Å²) in [5, 5.41) is 15.9. The second-order valence-corrected chi connectivity index (χ2v) is 4.33. The van der Waals surface area contributed by atoms with Crippen LogP contribution in [0.2, 0.25) is 0 Å². The fourth-order valence-corrected chi connectivity index (χ4v) is 1.27. The summed E-state index contributed by atoms with van der Waals surface area (Å²) < 4.78 is 10.4. The Balaban J connectivity index is 0.000000567. The molecule has 1 rings (SSSR count). The minimum atomic E-state index is -1.19. The van der Waals surface area contributed by atoms with Gasteiger partial charge in [-0.2, -0.15) is 0 Å². The Hall–Kier alpha value is -1.92.